The van der Waals surface area contributed by atoms with Crippen molar-refractivity contribution in [1.82, 2.24) is 15.4 Å². The average molecular weight is 346 g/mol. The number of aryl methyl sites for hydroxylation is 4. The van der Waals surface area contributed by atoms with Gasteiger partial charge in [-0.3, -0.25) is 0 Å². The summed E-state index contributed by atoms with van der Waals surface area (Å²) in [5.41, 5.74) is 5.57. The van der Waals surface area contributed by atoms with Crippen LogP contribution in [-0.2, 0) is 5.75 Å². The fourth-order valence-electron chi connectivity index (χ4n) is 2.28. The lowest BCUT2D eigenvalue weighted by atomic mass is 10.1. The Morgan fingerprint density at radius 1 is 1.13 bits per heavy atom. The van der Waals surface area contributed by atoms with Crippen molar-refractivity contribution < 1.29 is 4.52 Å². The number of hydrogen-bond acceptors (Lipinski definition) is 7. The van der Waals surface area contributed by atoms with Gasteiger partial charge in [0.1, 0.15) is 5.76 Å². The predicted molar refractivity (Wildman–Crippen MR) is 94.6 cm³/mol. The van der Waals surface area contributed by atoms with Crippen LogP contribution >= 0.6 is 23.1 Å². The first kappa shape index (κ1) is 16.0. The number of hydrogen-bond donors (Lipinski definition) is 1. The van der Waals surface area contributed by atoms with Crippen LogP contribution in [0.25, 0.3) is 0 Å². The van der Waals surface area contributed by atoms with Gasteiger partial charge in [0.2, 0.25) is 5.13 Å². The van der Waals surface area contributed by atoms with Gasteiger partial charge in [-0.2, -0.15) is 0 Å². The molecule has 2 heterocycles. The van der Waals surface area contributed by atoms with E-state index in [9.17, 15) is 0 Å². The lowest BCUT2D eigenvalue weighted by Crippen LogP contribution is -1.95. The van der Waals surface area contributed by atoms with Crippen LogP contribution in [0.2, 0.25) is 0 Å². The summed E-state index contributed by atoms with van der Waals surface area (Å²) in [5.74, 6) is 1.66. The van der Waals surface area contributed by atoms with E-state index in [1.807, 2.05) is 13.8 Å². The standard InChI is InChI=1S/C16H18N4OS2/c1-9-6-5-7-10(2)14(9)17-15-18-19-16(23-15)22-8-13-11(3)20-21-12(13)4/h5-7H,8H2,1-4H3,(H,17,18). The van der Waals surface area contributed by atoms with Crippen LogP contribution in [0.5, 0.6) is 0 Å². The Morgan fingerprint density at radius 2 is 1.87 bits per heavy atom. The van der Waals surface area contributed by atoms with Gasteiger partial charge < -0.3 is 9.84 Å². The highest BCUT2D eigenvalue weighted by Crippen LogP contribution is 2.32. The molecule has 23 heavy (non-hydrogen) atoms. The summed E-state index contributed by atoms with van der Waals surface area (Å²) in [6, 6.07) is 6.23. The fraction of sp³-hybridized carbons (Fsp3) is 0.312. The van der Waals surface area contributed by atoms with Crippen LogP contribution < -0.4 is 5.32 Å². The maximum absolute atomic E-state index is 5.19. The molecule has 0 radical (unpaired) electrons. The second kappa shape index (κ2) is 6.72. The summed E-state index contributed by atoms with van der Waals surface area (Å²) in [5, 5.41) is 16.6. The summed E-state index contributed by atoms with van der Waals surface area (Å²) in [6.45, 7) is 8.07. The Hall–Kier alpha value is -1.86. The van der Waals surface area contributed by atoms with Crippen molar-refractivity contribution in [1.29, 1.82) is 0 Å². The Labute approximate surface area is 143 Å². The zero-order valence-electron chi connectivity index (χ0n) is 13.5. The van der Waals surface area contributed by atoms with Crippen molar-refractivity contribution in [2.24, 2.45) is 0 Å². The molecule has 0 aliphatic rings. The van der Waals surface area contributed by atoms with Crippen LogP contribution in [-0.4, -0.2) is 15.4 Å². The number of benzene rings is 1. The first-order valence-corrected chi connectivity index (χ1v) is 9.06. The molecule has 120 valence electrons. The topological polar surface area (TPSA) is 63.8 Å². The number of para-hydroxylation sites is 1. The summed E-state index contributed by atoms with van der Waals surface area (Å²) in [7, 11) is 0. The van der Waals surface area contributed by atoms with E-state index >= 15 is 0 Å². The highest BCUT2D eigenvalue weighted by Gasteiger charge is 2.12. The van der Waals surface area contributed by atoms with Crippen molar-refractivity contribution in [2.45, 2.75) is 37.8 Å². The predicted octanol–water partition coefficient (Wildman–Crippen LogP) is 4.80. The minimum absolute atomic E-state index is 0.791. The molecule has 0 saturated heterocycles. The molecular weight excluding hydrogens is 328 g/mol. The Bertz CT molecular complexity index is 786. The maximum Gasteiger partial charge on any atom is 0.210 e. The molecule has 0 spiro atoms. The molecule has 0 atom stereocenters. The van der Waals surface area contributed by atoms with Gasteiger partial charge in [-0.25, -0.2) is 0 Å². The van der Waals surface area contributed by atoms with E-state index in [0.29, 0.717) is 0 Å². The molecule has 0 fully saturated rings. The van der Waals surface area contributed by atoms with Crippen LogP contribution in [0.3, 0.4) is 0 Å². The van der Waals surface area contributed by atoms with Gasteiger partial charge in [-0.15, -0.1) is 10.2 Å². The van der Waals surface area contributed by atoms with Crippen molar-refractivity contribution in [2.75, 3.05) is 5.32 Å². The van der Waals surface area contributed by atoms with Gasteiger partial charge in [0.15, 0.2) is 4.34 Å². The van der Waals surface area contributed by atoms with Crippen molar-refractivity contribution in [3.8, 4) is 0 Å². The molecule has 3 rings (SSSR count). The normalized spacial score (nSPS) is 11.0. The van der Waals surface area contributed by atoms with Gasteiger partial charge in [-0.05, 0) is 38.8 Å². The molecule has 0 aliphatic heterocycles. The van der Waals surface area contributed by atoms with E-state index in [2.05, 4.69) is 52.7 Å². The number of aromatic nitrogens is 3. The van der Waals surface area contributed by atoms with Crippen LogP contribution in [0, 0.1) is 27.7 Å². The van der Waals surface area contributed by atoms with Gasteiger partial charge in [0.05, 0.1) is 5.69 Å². The highest BCUT2D eigenvalue weighted by atomic mass is 32.2. The lowest BCUT2D eigenvalue weighted by molar-refractivity contribution is 0.392. The van der Waals surface area contributed by atoms with Crippen LogP contribution in [0.4, 0.5) is 10.8 Å². The number of nitrogens with one attached hydrogen (secondary N) is 1. The molecule has 2 aromatic heterocycles. The molecule has 0 unspecified atom stereocenters. The van der Waals surface area contributed by atoms with E-state index in [1.54, 1.807) is 23.1 Å². The van der Waals surface area contributed by atoms with E-state index in [0.717, 1.165) is 37.9 Å². The number of thioether (sulfide) groups is 1. The SMILES string of the molecule is Cc1cccc(C)c1Nc1nnc(SCc2c(C)noc2C)s1. The van der Waals surface area contributed by atoms with Gasteiger partial charge >= 0.3 is 0 Å². The lowest BCUT2D eigenvalue weighted by Gasteiger charge is -2.09. The van der Waals surface area contributed by atoms with Crippen molar-refractivity contribution in [3.05, 3.63) is 46.3 Å². The Balaban J connectivity index is 1.69. The molecule has 0 amide bonds. The second-order valence-electron chi connectivity index (χ2n) is 5.36. The minimum Gasteiger partial charge on any atom is -0.361 e. The second-order valence-corrected chi connectivity index (χ2v) is 7.56. The third-order valence-corrected chi connectivity index (χ3v) is 5.64. The van der Waals surface area contributed by atoms with Gasteiger partial charge in [0, 0.05) is 17.0 Å². The van der Waals surface area contributed by atoms with Gasteiger partial charge in [0.25, 0.3) is 0 Å². The third kappa shape index (κ3) is 3.56. The van der Waals surface area contributed by atoms with E-state index in [1.165, 1.54) is 11.1 Å². The van der Waals surface area contributed by atoms with Gasteiger partial charge in [-0.1, -0.05) is 46.5 Å². The minimum atomic E-state index is 0.791. The van der Waals surface area contributed by atoms with E-state index in [4.69, 9.17) is 4.52 Å². The fourth-order valence-corrected chi connectivity index (χ4v) is 4.19. The number of rotatable bonds is 5. The zero-order chi connectivity index (χ0) is 16.4. The summed E-state index contributed by atoms with van der Waals surface area (Å²) >= 11 is 3.21. The summed E-state index contributed by atoms with van der Waals surface area (Å²) in [4.78, 5) is 0. The van der Waals surface area contributed by atoms with Crippen LogP contribution in [0.1, 0.15) is 28.1 Å². The molecular formula is C16H18N4OS2. The van der Waals surface area contributed by atoms with Crippen LogP contribution in [0.15, 0.2) is 27.1 Å². The molecule has 3 aromatic rings. The highest BCUT2D eigenvalue weighted by molar-refractivity contribution is 8.00. The first-order chi connectivity index (χ1) is 11.0. The van der Waals surface area contributed by atoms with E-state index < -0.39 is 0 Å². The average Bonchev–Trinajstić information content (AvgIpc) is 3.09. The Kier molecular flexibility index (Phi) is 4.68. The smallest absolute Gasteiger partial charge is 0.210 e. The monoisotopic (exact) mass is 346 g/mol. The molecule has 1 N–H and O–H groups in total. The largest absolute Gasteiger partial charge is 0.361 e. The summed E-state index contributed by atoms with van der Waals surface area (Å²) in [6.07, 6.45) is 0. The zero-order valence-corrected chi connectivity index (χ0v) is 15.1. The third-order valence-electron chi connectivity index (χ3n) is 3.64. The number of anilines is 2. The molecule has 0 bridgehead atoms. The first-order valence-electron chi connectivity index (χ1n) is 7.26. The quantitative estimate of drug-likeness (QED) is 0.670. The molecule has 1 aromatic carbocycles. The Morgan fingerprint density at radius 3 is 2.52 bits per heavy atom. The van der Waals surface area contributed by atoms with Crippen molar-refractivity contribution in [3.63, 3.8) is 0 Å². The number of nitrogens with zero attached hydrogens (tertiary/aromatic N) is 3. The maximum atomic E-state index is 5.19. The molecule has 0 aliphatic carbocycles. The molecule has 7 heteroatoms. The molecule has 5 nitrogen and oxygen atoms in total. The summed E-state index contributed by atoms with van der Waals surface area (Å²) < 4.78 is 6.12. The molecule has 0 saturated carbocycles. The van der Waals surface area contributed by atoms with Crippen molar-refractivity contribution >= 4 is 33.9 Å². The van der Waals surface area contributed by atoms with E-state index in [-0.39, 0.29) is 0 Å².